The van der Waals surface area contributed by atoms with Crippen LogP contribution in [0.15, 0.2) is 12.7 Å². The molecule has 0 radical (unpaired) electrons. The number of hydrogen-bond donors (Lipinski definition) is 0. The molecule has 0 atom stereocenters. The lowest BCUT2D eigenvalue weighted by molar-refractivity contribution is 0.0924. The third-order valence-corrected chi connectivity index (χ3v) is 1.02. The van der Waals surface area contributed by atoms with Gasteiger partial charge < -0.3 is 0 Å². The maximum atomic E-state index is 10.6. The Labute approximate surface area is 56.5 Å². The van der Waals surface area contributed by atoms with Crippen LogP contribution in [0.25, 0.3) is 0 Å². The first-order chi connectivity index (χ1) is 4.34. The molecule has 9 heavy (non-hydrogen) atoms. The molecule has 1 rings (SSSR count). The Morgan fingerprint density at radius 3 is 3.00 bits per heavy atom. The molecule has 1 aromatic rings. The summed E-state index contributed by atoms with van der Waals surface area (Å²) in [6.45, 7) is 0. The summed E-state index contributed by atoms with van der Waals surface area (Å²) >= 11 is 5.21. The first-order valence-corrected chi connectivity index (χ1v) is 2.82. The van der Waals surface area contributed by atoms with Crippen LogP contribution >= 0.6 is 11.6 Å². The number of hydrogen-bond acceptors (Lipinski definition) is 3. The molecule has 0 N–H and O–H groups in total. The third kappa shape index (κ3) is 1.26. The van der Waals surface area contributed by atoms with Gasteiger partial charge in [0.05, 0.1) is 0 Å². The minimum Gasteiger partial charge on any atom is -0.271 e. The highest BCUT2D eigenvalue weighted by atomic mass is 35.5. The molecule has 0 aromatic carbocycles. The van der Waals surface area contributed by atoms with Crippen molar-refractivity contribution < 1.29 is 4.79 Å². The van der Waals surface area contributed by atoms with Gasteiger partial charge in [0.25, 0.3) is 5.91 Å². The normalized spacial score (nSPS) is 9.44. The van der Waals surface area contributed by atoms with Crippen molar-refractivity contribution >= 4 is 17.5 Å². The Morgan fingerprint density at radius 2 is 2.56 bits per heavy atom. The molecule has 0 bridgehead atoms. The number of rotatable bonds is 1. The zero-order valence-electron chi connectivity index (χ0n) is 4.49. The smallest absolute Gasteiger partial charge is 0.263 e. The van der Waals surface area contributed by atoms with Crippen molar-refractivity contribution in [1.82, 2.24) is 14.8 Å². The van der Waals surface area contributed by atoms with Gasteiger partial charge in [-0.2, -0.15) is 9.78 Å². The molecule has 5 heteroatoms. The molecule has 0 saturated heterocycles. The second-order valence-corrected chi connectivity index (χ2v) is 1.63. The van der Waals surface area contributed by atoms with Crippen LogP contribution in [0, 0.1) is 0 Å². The summed E-state index contributed by atoms with van der Waals surface area (Å²) in [4.78, 5) is 14.2. The maximum Gasteiger partial charge on any atom is 0.263 e. The standard InChI is InChI=1S/C4H4ClN3O/c5-1-4(9)8-3-6-2-7-8/h2-3H,1H2. The zero-order valence-corrected chi connectivity index (χ0v) is 5.25. The van der Waals surface area contributed by atoms with Gasteiger partial charge in [-0.05, 0) is 0 Å². The Morgan fingerprint density at radius 1 is 1.78 bits per heavy atom. The van der Waals surface area contributed by atoms with E-state index in [1.54, 1.807) is 0 Å². The second kappa shape index (κ2) is 2.59. The maximum absolute atomic E-state index is 10.6. The number of alkyl halides is 1. The predicted octanol–water partition coefficient (Wildman–Crippen LogP) is 0.157. The summed E-state index contributed by atoms with van der Waals surface area (Å²) in [5.74, 6) is -0.335. The molecule has 0 aliphatic carbocycles. The van der Waals surface area contributed by atoms with Crippen LogP contribution in [0.4, 0.5) is 0 Å². The van der Waals surface area contributed by atoms with Crippen molar-refractivity contribution in [1.29, 1.82) is 0 Å². The number of carbonyl (C=O) groups excluding carboxylic acids is 1. The van der Waals surface area contributed by atoms with E-state index in [9.17, 15) is 4.79 Å². The number of aromatic nitrogens is 3. The largest absolute Gasteiger partial charge is 0.271 e. The monoisotopic (exact) mass is 145 g/mol. The lowest BCUT2D eigenvalue weighted by Gasteiger charge is -1.89. The van der Waals surface area contributed by atoms with E-state index in [-0.39, 0.29) is 11.8 Å². The second-order valence-electron chi connectivity index (χ2n) is 1.37. The highest BCUT2D eigenvalue weighted by molar-refractivity contribution is 6.27. The topological polar surface area (TPSA) is 47.8 Å². The summed E-state index contributed by atoms with van der Waals surface area (Å²) in [6, 6.07) is 0. The van der Waals surface area contributed by atoms with E-state index >= 15 is 0 Å². The van der Waals surface area contributed by atoms with Gasteiger partial charge in [-0.25, -0.2) is 4.98 Å². The minimum absolute atomic E-state index is 0.0661. The molecule has 0 amide bonds. The van der Waals surface area contributed by atoms with Crippen molar-refractivity contribution in [2.75, 3.05) is 5.88 Å². The Hall–Kier alpha value is -0.900. The first kappa shape index (κ1) is 6.22. The molecule has 48 valence electrons. The predicted molar refractivity (Wildman–Crippen MR) is 31.4 cm³/mol. The molecule has 0 spiro atoms. The van der Waals surface area contributed by atoms with Gasteiger partial charge in [0.2, 0.25) is 0 Å². The third-order valence-electron chi connectivity index (χ3n) is 0.789. The van der Waals surface area contributed by atoms with Crippen LogP contribution in [0.1, 0.15) is 4.79 Å². The summed E-state index contributed by atoms with van der Waals surface area (Å²) < 4.78 is 1.09. The van der Waals surface area contributed by atoms with E-state index < -0.39 is 0 Å². The van der Waals surface area contributed by atoms with Crippen LogP contribution in [0.3, 0.4) is 0 Å². The van der Waals surface area contributed by atoms with E-state index in [0.29, 0.717) is 0 Å². The van der Waals surface area contributed by atoms with E-state index in [2.05, 4.69) is 10.1 Å². The molecule has 0 aliphatic rings. The van der Waals surface area contributed by atoms with Crippen molar-refractivity contribution in [2.24, 2.45) is 0 Å². The summed E-state index contributed by atoms with van der Waals surface area (Å²) in [7, 11) is 0. The van der Waals surface area contributed by atoms with Gasteiger partial charge in [-0.3, -0.25) is 4.79 Å². The Kier molecular flexibility index (Phi) is 1.79. The average Bonchev–Trinajstić information content (AvgIpc) is 2.37. The molecule has 0 aliphatic heterocycles. The highest BCUT2D eigenvalue weighted by Gasteiger charge is 1.99. The van der Waals surface area contributed by atoms with Gasteiger partial charge in [0.1, 0.15) is 18.5 Å². The zero-order chi connectivity index (χ0) is 6.69. The number of halogens is 1. The van der Waals surface area contributed by atoms with Crippen LogP contribution < -0.4 is 0 Å². The van der Waals surface area contributed by atoms with Crippen molar-refractivity contribution in [3.05, 3.63) is 12.7 Å². The summed E-state index contributed by atoms with van der Waals surface area (Å²) in [5, 5.41) is 3.56. The van der Waals surface area contributed by atoms with Gasteiger partial charge >= 0.3 is 0 Å². The van der Waals surface area contributed by atoms with Gasteiger partial charge in [0.15, 0.2) is 0 Å². The highest BCUT2D eigenvalue weighted by Crippen LogP contribution is 1.82. The lowest BCUT2D eigenvalue weighted by atomic mass is 10.7. The van der Waals surface area contributed by atoms with E-state index in [0.717, 1.165) is 4.68 Å². The van der Waals surface area contributed by atoms with Gasteiger partial charge in [0, 0.05) is 0 Å². The van der Waals surface area contributed by atoms with E-state index in [1.807, 2.05) is 0 Å². The van der Waals surface area contributed by atoms with Crippen molar-refractivity contribution in [3.8, 4) is 0 Å². The van der Waals surface area contributed by atoms with Crippen LogP contribution in [0.2, 0.25) is 0 Å². The van der Waals surface area contributed by atoms with Crippen LogP contribution in [-0.2, 0) is 0 Å². The molecule has 0 fully saturated rings. The molecule has 1 heterocycles. The lowest BCUT2D eigenvalue weighted by Crippen LogP contribution is -2.11. The SMILES string of the molecule is O=C(CCl)n1cncn1. The van der Waals surface area contributed by atoms with Gasteiger partial charge in [-0.1, -0.05) is 0 Å². The Bertz CT molecular complexity index is 196. The molecule has 4 nitrogen and oxygen atoms in total. The van der Waals surface area contributed by atoms with Crippen molar-refractivity contribution in [2.45, 2.75) is 0 Å². The fraction of sp³-hybridized carbons (Fsp3) is 0.250. The number of nitrogens with zero attached hydrogens (tertiary/aromatic N) is 3. The molecular weight excluding hydrogens is 142 g/mol. The Balaban J connectivity index is 2.77. The molecule has 0 saturated carbocycles. The van der Waals surface area contributed by atoms with E-state index in [1.165, 1.54) is 12.7 Å². The fourth-order valence-corrected chi connectivity index (χ4v) is 0.521. The summed E-state index contributed by atoms with van der Waals surface area (Å²) in [5.41, 5.74) is 0. The summed E-state index contributed by atoms with van der Waals surface area (Å²) in [6.07, 6.45) is 2.59. The fourth-order valence-electron chi connectivity index (χ4n) is 0.398. The number of carbonyl (C=O) groups is 1. The van der Waals surface area contributed by atoms with Gasteiger partial charge in [-0.15, -0.1) is 11.6 Å². The molecule has 0 unspecified atom stereocenters. The molecule has 1 aromatic heterocycles. The quantitative estimate of drug-likeness (QED) is 0.529. The van der Waals surface area contributed by atoms with Crippen LogP contribution in [-0.4, -0.2) is 26.6 Å². The van der Waals surface area contributed by atoms with E-state index in [4.69, 9.17) is 11.6 Å². The molecular formula is C4H4ClN3O. The minimum atomic E-state index is -0.269. The van der Waals surface area contributed by atoms with Crippen molar-refractivity contribution in [3.63, 3.8) is 0 Å². The average molecular weight is 146 g/mol. The van der Waals surface area contributed by atoms with Crippen LogP contribution in [0.5, 0.6) is 0 Å². The first-order valence-electron chi connectivity index (χ1n) is 2.28.